The maximum absolute atomic E-state index is 13.3. The van der Waals surface area contributed by atoms with Gasteiger partial charge < -0.3 is 10.2 Å². The number of anilines is 2. The van der Waals surface area contributed by atoms with Crippen molar-refractivity contribution in [3.63, 3.8) is 0 Å². The summed E-state index contributed by atoms with van der Waals surface area (Å²) >= 11 is 0. The van der Waals surface area contributed by atoms with Crippen LogP contribution in [0.5, 0.6) is 0 Å². The number of carbonyl (C=O) groups excluding carboxylic acids is 3. The van der Waals surface area contributed by atoms with Crippen molar-refractivity contribution in [2.45, 2.75) is 32.4 Å². The first-order valence-corrected chi connectivity index (χ1v) is 8.96. The van der Waals surface area contributed by atoms with Gasteiger partial charge in [0.05, 0.1) is 22.5 Å². The molecule has 2 heterocycles. The molecule has 0 aliphatic carbocycles. The van der Waals surface area contributed by atoms with Crippen molar-refractivity contribution < 1.29 is 14.4 Å². The Balaban J connectivity index is 1.68. The minimum absolute atomic E-state index is 0.272. The van der Waals surface area contributed by atoms with Gasteiger partial charge in [0.15, 0.2) is 0 Å². The lowest BCUT2D eigenvalue weighted by Gasteiger charge is -2.42. The average Bonchev–Trinajstić information content (AvgIpc) is 2.90. The maximum Gasteiger partial charge on any atom is 0.262 e. The molecular formula is C21H21N3O3. The van der Waals surface area contributed by atoms with Crippen LogP contribution in [0, 0.1) is 0 Å². The number of carbonyl (C=O) groups is 3. The molecule has 2 aromatic rings. The quantitative estimate of drug-likeness (QED) is 0.833. The molecule has 0 saturated carbocycles. The predicted molar refractivity (Wildman–Crippen MR) is 103 cm³/mol. The first-order valence-electron chi connectivity index (χ1n) is 8.96. The summed E-state index contributed by atoms with van der Waals surface area (Å²) in [7, 11) is 0. The second kappa shape index (κ2) is 5.94. The molecule has 2 aliphatic rings. The van der Waals surface area contributed by atoms with Gasteiger partial charge in [-0.1, -0.05) is 24.3 Å². The normalized spacial score (nSPS) is 18.6. The highest BCUT2D eigenvalue weighted by Crippen LogP contribution is 2.35. The summed E-state index contributed by atoms with van der Waals surface area (Å²) in [5.74, 6) is -1.11. The standard InChI is InChI=1S/C21H21N3O3/c1-13(24-19(26)14-8-4-5-9-15(14)20(24)27)18(25)23-12-21(2,3)22-16-10-6-7-11-17(16)23/h4-11,13,22H,12H2,1-3H3. The van der Waals surface area contributed by atoms with Crippen molar-refractivity contribution in [2.75, 3.05) is 16.8 Å². The van der Waals surface area contributed by atoms with Crippen LogP contribution in [0.4, 0.5) is 11.4 Å². The molecule has 27 heavy (non-hydrogen) atoms. The molecule has 1 N–H and O–H groups in total. The van der Waals surface area contributed by atoms with E-state index in [4.69, 9.17) is 0 Å². The van der Waals surface area contributed by atoms with Crippen LogP contribution in [-0.4, -0.2) is 40.7 Å². The van der Waals surface area contributed by atoms with Crippen molar-refractivity contribution in [3.05, 3.63) is 59.7 Å². The number of nitrogens with zero attached hydrogens (tertiary/aromatic N) is 2. The van der Waals surface area contributed by atoms with Crippen LogP contribution in [-0.2, 0) is 4.79 Å². The minimum atomic E-state index is -0.889. The lowest BCUT2D eigenvalue weighted by molar-refractivity contribution is -0.122. The second-order valence-corrected chi connectivity index (χ2v) is 7.65. The largest absolute Gasteiger partial charge is 0.377 e. The zero-order valence-electron chi connectivity index (χ0n) is 15.5. The molecule has 0 fully saturated rings. The number of amides is 3. The van der Waals surface area contributed by atoms with Crippen molar-refractivity contribution >= 4 is 29.1 Å². The topological polar surface area (TPSA) is 69.7 Å². The SMILES string of the molecule is CC(C(=O)N1CC(C)(C)Nc2ccccc21)N1C(=O)c2ccccc2C1=O. The number of rotatable bonds is 2. The molecule has 2 aromatic carbocycles. The zero-order chi connectivity index (χ0) is 19.3. The number of hydrogen-bond donors (Lipinski definition) is 1. The lowest BCUT2D eigenvalue weighted by atomic mass is 9.98. The number of nitrogens with one attached hydrogen (secondary N) is 1. The first-order chi connectivity index (χ1) is 12.8. The molecular weight excluding hydrogens is 342 g/mol. The van der Waals surface area contributed by atoms with E-state index in [0.717, 1.165) is 16.3 Å². The molecule has 0 aromatic heterocycles. The van der Waals surface area contributed by atoms with Crippen molar-refractivity contribution in [3.8, 4) is 0 Å². The third-order valence-electron chi connectivity index (χ3n) is 5.06. The summed E-state index contributed by atoms with van der Waals surface area (Å²) in [6.07, 6.45) is 0. The van der Waals surface area contributed by atoms with Gasteiger partial charge in [0, 0.05) is 12.1 Å². The highest BCUT2D eigenvalue weighted by molar-refractivity contribution is 6.23. The smallest absolute Gasteiger partial charge is 0.262 e. The van der Waals surface area contributed by atoms with Crippen LogP contribution < -0.4 is 10.2 Å². The molecule has 0 radical (unpaired) electrons. The van der Waals surface area contributed by atoms with Gasteiger partial charge in [-0.2, -0.15) is 0 Å². The molecule has 0 bridgehead atoms. The van der Waals surface area contributed by atoms with Gasteiger partial charge in [0.2, 0.25) is 5.91 Å². The van der Waals surface area contributed by atoms with Crippen molar-refractivity contribution in [1.29, 1.82) is 0 Å². The number of para-hydroxylation sites is 2. The summed E-state index contributed by atoms with van der Waals surface area (Å²) in [6, 6.07) is 13.3. The molecule has 0 saturated heterocycles. The monoisotopic (exact) mass is 363 g/mol. The molecule has 4 rings (SSSR count). The second-order valence-electron chi connectivity index (χ2n) is 7.65. The fraction of sp³-hybridized carbons (Fsp3) is 0.286. The van der Waals surface area contributed by atoms with E-state index in [2.05, 4.69) is 5.32 Å². The zero-order valence-corrected chi connectivity index (χ0v) is 15.5. The van der Waals surface area contributed by atoms with Gasteiger partial charge in [-0.15, -0.1) is 0 Å². The van der Waals surface area contributed by atoms with Gasteiger partial charge in [0.25, 0.3) is 11.8 Å². The van der Waals surface area contributed by atoms with Crippen LogP contribution in [0.25, 0.3) is 0 Å². The maximum atomic E-state index is 13.3. The fourth-order valence-corrected chi connectivity index (χ4v) is 3.79. The molecule has 0 spiro atoms. The van der Waals surface area contributed by atoms with Crippen LogP contribution >= 0.6 is 0 Å². The Hall–Kier alpha value is -3.15. The average molecular weight is 363 g/mol. The van der Waals surface area contributed by atoms with Gasteiger partial charge in [-0.25, -0.2) is 0 Å². The fourth-order valence-electron chi connectivity index (χ4n) is 3.79. The van der Waals surface area contributed by atoms with E-state index in [1.807, 2.05) is 38.1 Å². The van der Waals surface area contributed by atoms with Crippen LogP contribution in [0.1, 0.15) is 41.5 Å². The minimum Gasteiger partial charge on any atom is -0.377 e. The third kappa shape index (κ3) is 2.68. The molecule has 6 heteroatoms. The number of fused-ring (bicyclic) bond motifs is 2. The Labute approximate surface area is 157 Å². The third-order valence-corrected chi connectivity index (χ3v) is 5.06. The molecule has 3 amide bonds. The summed E-state index contributed by atoms with van der Waals surface area (Å²) in [4.78, 5) is 41.5. The molecule has 2 aliphatic heterocycles. The summed E-state index contributed by atoms with van der Waals surface area (Å²) < 4.78 is 0. The Morgan fingerprint density at radius 1 is 1.00 bits per heavy atom. The lowest BCUT2D eigenvalue weighted by Crippen LogP contribution is -2.56. The Bertz CT molecular complexity index is 932. The van der Waals surface area contributed by atoms with Gasteiger partial charge >= 0.3 is 0 Å². The number of hydrogen-bond acceptors (Lipinski definition) is 4. The summed E-state index contributed by atoms with van der Waals surface area (Å²) in [5.41, 5.74) is 1.99. The van der Waals surface area contributed by atoms with E-state index in [1.54, 1.807) is 36.1 Å². The molecule has 1 unspecified atom stereocenters. The first kappa shape index (κ1) is 17.3. The highest BCUT2D eigenvalue weighted by atomic mass is 16.2. The van der Waals surface area contributed by atoms with Gasteiger partial charge in [-0.3, -0.25) is 19.3 Å². The molecule has 1 atom stereocenters. The Morgan fingerprint density at radius 3 is 2.19 bits per heavy atom. The summed E-state index contributed by atoms with van der Waals surface area (Å²) in [5, 5.41) is 3.42. The Kier molecular flexibility index (Phi) is 3.80. The predicted octanol–water partition coefficient (Wildman–Crippen LogP) is 2.91. The van der Waals surface area contributed by atoms with Gasteiger partial charge in [-0.05, 0) is 45.0 Å². The van der Waals surface area contributed by atoms with Crippen molar-refractivity contribution in [2.24, 2.45) is 0 Å². The number of benzene rings is 2. The van der Waals surface area contributed by atoms with Gasteiger partial charge in [0.1, 0.15) is 6.04 Å². The molecule has 6 nitrogen and oxygen atoms in total. The highest BCUT2D eigenvalue weighted by Gasteiger charge is 2.43. The summed E-state index contributed by atoms with van der Waals surface area (Å²) in [6.45, 7) is 6.07. The van der Waals surface area contributed by atoms with E-state index < -0.39 is 17.9 Å². The van der Waals surface area contributed by atoms with E-state index in [0.29, 0.717) is 17.7 Å². The Morgan fingerprint density at radius 2 is 1.56 bits per heavy atom. The van der Waals surface area contributed by atoms with Crippen molar-refractivity contribution in [1.82, 2.24) is 4.90 Å². The van der Waals surface area contributed by atoms with Crippen LogP contribution in [0.3, 0.4) is 0 Å². The van der Waals surface area contributed by atoms with E-state index in [1.165, 1.54) is 0 Å². The number of imide groups is 1. The van der Waals surface area contributed by atoms with Crippen LogP contribution in [0.15, 0.2) is 48.5 Å². The van der Waals surface area contributed by atoms with E-state index >= 15 is 0 Å². The van der Waals surface area contributed by atoms with E-state index in [-0.39, 0.29) is 11.4 Å². The van der Waals surface area contributed by atoms with Crippen LogP contribution in [0.2, 0.25) is 0 Å². The molecule has 138 valence electrons. The van der Waals surface area contributed by atoms with E-state index in [9.17, 15) is 14.4 Å².